The van der Waals surface area contributed by atoms with Crippen LogP contribution in [-0.4, -0.2) is 28.9 Å². The summed E-state index contributed by atoms with van der Waals surface area (Å²) in [7, 11) is 0. The Labute approximate surface area is 119 Å². The van der Waals surface area contributed by atoms with Gasteiger partial charge in [-0.25, -0.2) is 0 Å². The molecule has 0 heterocycles. The number of thiocarbonyl (C=S) groups is 1. The van der Waals surface area contributed by atoms with Gasteiger partial charge in [-0.3, -0.25) is 4.79 Å². The number of nitrogens with two attached hydrogens (primary N) is 1. The SMILES string of the molecule is CCN(CCC(N)=S)C(=O)C1Cc2ccccc2C1. The molecule has 3 nitrogen and oxygen atoms in total. The molecular weight excluding hydrogens is 256 g/mol. The summed E-state index contributed by atoms with van der Waals surface area (Å²) in [6.45, 7) is 3.35. The van der Waals surface area contributed by atoms with Gasteiger partial charge in [0.2, 0.25) is 5.91 Å². The molecule has 19 heavy (non-hydrogen) atoms. The minimum atomic E-state index is 0.0868. The molecule has 1 aromatic carbocycles. The highest BCUT2D eigenvalue weighted by Gasteiger charge is 2.29. The molecule has 4 heteroatoms. The minimum Gasteiger partial charge on any atom is -0.393 e. The van der Waals surface area contributed by atoms with Crippen LogP contribution >= 0.6 is 12.2 Å². The normalized spacial score (nSPS) is 14.2. The molecule has 0 saturated heterocycles. The van der Waals surface area contributed by atoms with Gasteiger partial charge in [-0.15, -0.1) is 0 Å². The lowest BCUT2D eigenvalue weighted by Gasteiger charge is -2.24. The number of hydrogen-bond donors (Lipinski definition) is 1. The molecule has 1 aromatic rings. The molecule has 0 atom stereocenters. The van der Waals surface area contributed by atoms with Crippen molar-refractivity contribution in [3.63, 3.8) is 0 Å². The number of hydrogen-bond acceptors (Lipinski definition) is 2. The first-order chi connectivity index (χ1) is 9.11. The lowest BCUT2D eigenvalue weighted by atomic mass is 10.0. The highest BCUT2D eigenvalue weighted by Crippen LogP contribution is 2.27. The van der Waals surface area contributed by atoms with E-state index >= 15 is 0 Å². The third-order valence-electron chi connectivity index (χ3n) is 3.72. The number of carbonyl (C=O) groups excluding carboxylic acids is 1. The monoisotopic (exact) mass is 276 g/mol. The molecular formula is C15H20N2OS. The third-order valence-corrected chi connectivity index (χ3v) is 3.93. The molecule has 0 spiro atoms. The molecule has 0 aliphatic heterocycles. The van der Waals surface area contributed by atoms with E-state index in [0.717, 1.165) is 12.8 Å². The molecule has 1 aliphatic carbocycles. The first kappa shape index (κ1) is 14.0. The second-order valence-electron chi connectivity index (χ2n) is 5.01. The largest absolute Gasteiger partial charge is 0.393 e. The van der Waals surface area contributed by atoms with E-state index in [9.17, 15) is 4.79 Å². The van der Waals surface area contributed by atoms with Crippen molar-refractivity contribution >= 4 is 23.1 Å². The summed E-state index contributed by atoms with van der Waals surface area (Å²) in [5.74, 6) is 0.318. The standard InChI is InChI=1S/C15H20N2OS/c1-2-17(8-7-14(16)19)15(18)13-9-11-5-3-4-6-12(11)10-13/h3-6,13H,2,7-10H2,1H3,(H2,16,19). The smallest absolute Gasteiger partial charge is 0.226 e. The van der Waals surface area contributed by atoms with Gasteiger partial charge in [0.15, 0.2) is 0 Å². The first-order valence-corrected chi connectivity index (χ1v) is 7.16. The number of nitrogens with zero attached hydrogens (tertiary/aromatic N) is 1. The van der Waals surface area contributed by atoms with Crippen LogP contribution in [0.15, 0.2) is 24.3 Å². The quantitative estimate of drug-likeness (QED) is 0.836. The second kappa shape index (κ2) is 6.15. The Kier molecular flexibility index (Phi) is 4.53. The maximum atomic E-state index is 12.5. The Balaban J connectivity index is 1.99. The van der Waals surface area contributed by atoms with Crippen molar-refractivity contribution in [2.75, 3.05) is 13.1 Å². The maximum absolute atomic E-state index is 12.5. The number of rotatable bonds is 5. The summed E-state index contributed by atoms with van der Waals surface area (Å²) in [6.07, 6.45) is 2.33. The van der Waals surface area contributed by atoms with Gasteiger partial charge in [-0.2, -0.15) is 0 Å². The summed E-state index contributed by atoms with van der Waals surface area (Å²) < 4.78 is 0. The average molecular weight is 276 g/mol. The molecule has 0 saturated carbocycles. The highest BCUT2D eigenvalue weighted by atomic mass is 32.1. The number of carbonyl (C=O) groups is 1. The summed E-state index contributed by atoms with van der Waals surface area (Å²) in [5, 5.41) is 0. The molecule has 0 radical (unpaired) electrons. The van der Waals surface area contributed by atoms with E-state index in [1.807, 2.05) is 24.0 Å². The Hall–Kier alpha value is -1.42. The van der Waals surface area contributed by atoms with E-state index in [4.69, 9.17) is 18.0 Å². The molecule has 1 aliphatic rings. The molecule has 1 amide bonds. The van der Waals surface area contributed by atoms with Crippen LogP contribution in [0.3, 0.4) is 0 Å². The first-order valence-electron chi connectivity index (χ1n) is 6.75. The number of amides is 1. The molecule has 0 aromatic heterocycles. The third kappa shape index (κ3) is 3.32. The fraction of sp³-hybridized carbons (Fsp3) is 0.467. The Morgan fingerprint density at radius 3 is 2.42 bits per heavy atom. The van der Waals surface area contributed by atoms with E-state index in [-0.39, 0.29) is 11.8 Å². The Morgan fingerprint density at radius 1 is 1.37 bits per heavy atom. The Bertz CT molecular complexity index is 462. The van der Waals surface area contributed by atoms with Crippen molar-refractivity contribution in [2.45, 2.75) is 26.2 Å². The fourth-order valence-corrected chi connectivity index (χ4v) is 2.75. The van der Waals surface area contributed by atoms with Crippen LogP contribution in [0.25, 0.3) is 0 Å². The van der Waals surface area contributed by atoms with E-state index in [0.29, 0.717) is 24.5 Å². The Morgan fingerprint density at radius 2 is 1.95 bits per heavy atom. The van der Waals surface area contributed by atoms with Gasteiger partial charge >= 0.3 is 0 Å². The second-order valence-corrected chi connectivity index (χ2v) is 5.53. The molecule has 2 rings (SSSR count). The van der Waals surface area contributed by atoms with Crippen LogP contribution < -0.4 is 5.73 Å². The van der Waals surface area contributed by atoms with E-state index < -0.39 is 0 Å². The molecule has 2 N–H and O–H groups in total. The predicted octanol–water partition coefficient (Wildman–Crippen LogP) is 1.93. The van der Waals surface area contributed by atoms with E-state index in [1.165, 1.54) is 11.1 Å². The van der Waals surface area contributed by atoms with E-state index in [1.54, 1.807) is 0 Å². The van der Waals surface area contributed by atoms with Crippen molar-refractivity contribution in [3.8, 4) is 0 Å². The predicted molar refractivity (Wildman–Crippen MR) is 81.0 cm³/mol. The molecule has 0 unspecified atom stereocenters. The van der Waals surface area contributed by atoms with Crippen molar-refractivity contribution in [3.05, 3.63) is 35.4 Å². The summed E-state index contributed by atoms with van der Waals surface area (Å²) in [5.41, 5.74) is 8.13. The minimum absolute atomic E-state index is 0.0868. The molecule has 0 bridgehead atoms. The maximum Gasteiger partial charge on any atom is 0.226 e. The zero-order chi connectivity index (χ0) is 13.8. The lowest BCUT2D eigenvalue weighted by molar-refractivity contribution is -0.134. The van der Waals surface area contributed by atoms with Gasteiger partial charge in [-0.1, -0.05) is 36.5 Å². The van der Waals surface area contributed by atoms with Crippen LogP contribution in [-0.2, 0) is 17.6 Å². The van der Waals surface area contributed by atoms with Crippen molar-refractivity contribution < 1.29 is 4.79 Å². The van der Waals surface area contributed by atoms with Gasteiger partial charge in [0, 0.05) is 25.4 Å². The van der Waals surface area contributed by atoms with Gasteiger partial charge in [-0.05, 0) is 30.9 Å². The number of benzene rings is 1. The van der Waals surface area contributed by atoms with Gasteiger partial charge in [0.05, 0.1) is 4.99 Å². The van der Waals surface area contributed by atoms with Gasteiger partial charge in [0.1, 0.15) is 0 Å². The zero-order valence-corrected chi connectivity index (χ0v) is 12.1. The van der Waals surface area contributed by atoms with Gasteiger partial charge in [0.25, 0.3) is 0 Å². The van der Waals surface area contributed by atoms with Crippen LogP contribution in [0.2, 0.25) is 0 Å². The molecule has 102 valence electrons. The fourth-order valence-electron chi connectivity index (χ4n) is 2.66. The topological polar surface area (TPSA) is 46.3 Å². The summed E-state index contributed by atoms with van der Waals surface area (Å²) in [4.78, 5) is 14.8. The van der Waals surface area contributed by atoms with Crippen LogP contribution in [0.4, 0.5) is 0 Å². The van der Waals surface area contributed by atoms with E-state index in [2.05, 4.69) is 12.1 Å². The van der Waals surface area contributed by atoms with Crippen molar-refractivity contribution in [1.82, 2.24) is 4.90 Å². The van der Waals surface area contributed by atoms with Crippen molar-refractivity contribution in [2.24, 2.45) is 11.7 Å². The molecule has 0 fully saturated rings. The summed E-state index contributed by atoms with van der Waals surface area (Å²) in [6, 6.07) is 8.31. The van der Waals surface area contributed by atoms with Gasteiger partial charge < -0.3 is 10.6 Å². The van der Waals surface area contributed by atoms with Crippen molar-refractivity contribution in [1.29, 1.82) is 0 Å². The van der Waals surface area contributed by atoms with Crippen LogP contribution in [0.1, 0.15) is 24.5 Å². The average Bonchev–Trinajstić information content (AvgIpc) is 2.82. The summed E-state index contributed by atoms with van der Waals surface area (Å²) >= 11 is 4.88. The lowest BCUT2D eigenvalue weighted by Crippen LogP contribution is -2.38. The van der Waals surface area contributed by atoms with Crippen LogP contribution in [0.5, 0.6) is 0 Å². The van der Waals surface area contributed by atoms with Crippen LogP contribution in [0, 0.1) is 5.92 Å². The number of fused-ring (bicyclic) bond motifs is 1. The highest BCUT2D eigenvalue weighted by molar-refractivity contribution is 7.80. The zero-order valence-electron chi connectivity index (χ0n) is 11.3.